The predicted molar refractivity (Wildman–Crippen MR) is 68.6 cm³/mol. The normalized spacial score (nSPS) is 13.7. The largest absolute Gasteiger partial charge is 0.383 e. The molecule has 1 aliphatic rings. The summed E-state index contributed by atoms with van der Waals surface area (Å²) in [4.78, 5) is 9.10. The molecule has 3 nitrogen and oxygen atoms in total. The second-order valence-corrected chi connectivity index (χ2v) is 4.53. The maximum absolute atomic E-state index is 6.01. The van der Waals surface area contributed by atoms with Crippen LogP contribution < -0.4 is 5.73 Å². The third-order valence-electron chi connectivity index (χ3n) is 3.35. The van der Waals surface area contributed by atoms with Gasteiger partial charge >= 0.3 is 0 Å². The van der Waals surface area contributed by atoms with Crippen LogP contribution in [-0.2, 0) is 12.8 Å². The van der Waals surface area contributed by atoms with Crippen molar-refractivity contribution >= 4 is 5.82 Å². The number of aryl methyl sites for hydroxylation is 2. The SMILES string of the molecule is Cc1ccccc1-c1nc(N)c2c(n1)CCC2. The average Bonchev–Trinajstić information content (AvgIpc) is 2.78. The van der Waals surface area contributed by atoms with Gasteiger partial charge in [-0.3, -0.25) is 0 Å². The van der Waals surface area contributed by atoms with Crippen molar-refractivity contribution in [2.75, 3.05) is 5.73 Å². The summed E-state index contributed by atoms with van der Waals surface area (Å²) < 4.78 is 0. The van der Waals surface area contributed by atoms with Gasteiger partial charge in [0.1, 0.15) is 5.82 Å². The molecular formula is C14H15N3. The van der Waals surface area contributed by atoms with E-state index < -0.39 is 0 Å². The Bertz CT molecular complexity index is 576. The molecule has 3 heteroatoms. The molecule has 2 N–H and O–H groups in total. The van der Waals surface area contributed by atoms with Crippen LogP contribution in [0.5, 0.6) is 0 Å². The van der Waals surface area contributed by atoms with Gasteiger partial charge in [-0.2, -0.15) is 0 Å². The van der Waals surface area contributed by atoms with Gasteiger partial charge < -0.3 is 5.73 Å². The Kier molecular flexibility index (Phi) is 2.32. The Labute approximate surface area is 101 Å². The Balaban J connectivity index is 2.17. The fourth-order valence-electron chi connectivity index (χ4n) is 2.41. The molecule has 2 aromatic rings. The first kappa shape index (κ1) is 10.3. The number of anilines is 1. The molecule has 0 saturated carbocycles. The molecule has 0 radical (unpaired) electrons. The van der Waals surface area contributed by atoms with E-state index in [-0.39, 0.29) is 0 Å². The van der Waals surface area contributed by atoms with Crippen LogP contribution in [0.3, 0.4) is 0 Å². The van der Waals surface area contributed by atoms with E-state index in [1.165, 1.54) is 5.56 Å². The van der Waals surface area contributed by atoms with Gasteiger partial charge in [-0.15, -0.1) is 0 Å². The number of nitrogens with two attached hydrogens (primary N) is 1. The van der Waals surface area contributed by atoms with Crippen molar-refractivity contribution in [2.45, 2.75) is 26.2 Å². The van der Waals surface area contributed by atoms with Crippen LogP contribution in [0.1, 0.15) is 23.2 Å². The zero-order valence-corrected chi connectivity index (χ0v) is 9.90. The molecule has 0 bridgehead atoms. The number of nitrogens with zero attached hydrogens (tertiary/aromatic N) is 2. The summed E-state index contributed by atoms with van der Waals surface area (Å²) in [6.07, 6.45) is 3.20. The van der Waals surface area contributed by atoms with Crippen molar-refractivity contribution in [2.24, 2.45) is 0 Å². The van der Waals surface area contributed by atoms with Crippen molar-refractivity contribution in [3.8, 4) is 11.4 Å². The minimum Gasteiger partial charge on any atom is -0.383 e. The molecule has 0 atom stereocenters. The van der Waals surface area contributed by atoms with Crippen LogP contribution in [0.25, 0.3) is 11.4 Å². The molecule has 1 aliphatic carbocycles. The Morgan fingerprint density at radius 3 is 2.76 bits per heavy atom. The van der Waals surface area contributed by atoms with Crippen molar-refractivity contribution < 1.29 is 0 Å². The number of benzene rings is 1. The van der Waals surface area contributed by atoms with Crippen molar-refractivity contribution in [3.05, 3.63) is 41.1 Å². The third-order valence-corrected chi connectivity index (χ3v) is 3.35. The van der Waals surface area contributed by atoms with Crippen LogP contribution in [0, 0.1) is 6.92 Å². The van der Waals surface area contributed by atoms with E-state index in [0.717, 1.165) is 41.9 Å². The lowest BCUT2D eigenvalue weighted by molar-refractivity contribution is 0.900. The van der Waals surface area contributed by atoms with Crippen LogP contribution in [0.15, 0.2) is 24.3 Å². The van der Waals surface area contributed by atoms with Gasteiger partial charge in [0.05, 0.1) is 0 Å². The summed E-state index contributed by atoms with van der Waals surface area (Å²) in [5.41, 5.74) is 10.6. The molecule has 3 rings (SSSR count). The number of hydrogen-bond donors (Lipinski definition) is 1. The van der Waals surface area contributed by atoms with Crippen LogP contribution in [-0.4, -0.2) is 9.97 Å². The molecule has 0 unspecified atom stereocenters. The first-order chi connectivity index (χ1) is 8.25. The summed E-state index contributed by atoms with van der Waals surface area (Å²) in [5.74, 6) is 1.42. The summed E-state index contributed by atoms with van der Waals surface area (Å²) in [6.45, 7) is 2.07. The highest BCUT2D eigenvalue weighted by atomic mass is 15.0. The highest BCUT2D eigenvalue weighted by Gasteiger charge is 2.18. The van der Waals surface area contributed by atoms with Gasteiger partial charge in [-0.1, -0.05) is 24.3 Å². The molecule has 0 fully saturated rings. The van der Waals surface area contributed by atoms with E-state index in [2.05, 4.69) is 23.0 Å². The Morgan fingerprint density at radius 2 is 1.94 bits per heavy atom. The highest BCUT2D eigenvalue weighted by Crippen LogP contribution is 2.28. The van der Waals surface area contributed by atoms with Crippen LogP contribution in [0.4, 0.5) is 5.82 Å². The Morgan fingerprint density at radius 1 is 1.12 bits per heavy atom. The van der Waals surface area contributed by atoms with E-state index in [1.54, 1.807) is 0 Å². The van der Waals surface area contributed by atoms with E-state index >= 15 is 0 Å². The molecule has 86 valence electrons. The quantitative estimate of drug-likeness (QED) is 0.811. The van der Waals surface area contributed by atoms with E-state index in [4.69, 9.17) is 5.73 Å². The second kappa shape index (κ2) is 3.84. The molecular weight excluding hydrogens is 210 g/mol. The summed E-state index contributed by atoms with van der Waals surface area (Å²) >= 11 is 0. The van der Waals surface area contributed by atoms with Crippen LogP contribution in [0.2, 0.25) is 0 Å². The smallest absolute Gasteiger partial charge is 0.162 e. The molecule has 1 aromatic heterocycles. The molecule has 0 aliphatic heterocycles. The van der Waals surface area contributed by atoms with Gasteiger partial charge in [-0.05, 0) is 31.7 Å². The molecule has 0 spiro atoms. The van der Waals surface area contributed by atoms with Crippen molar-refractivity contribution in [3.63, 3.8) is 0 Å². The molecule has 0 saturated heterocycles. The number of fused-ring (bicyclic) bond motifs is 1. The van der Waals surface area contributed by atoms with Crippen LogP contribution >= 0.6 is 0 Å². The second-order valence-electron chi connectivity index (χ2n) is 4.53. The summed E-state index contributed by atoms with van der Waals surface area (Å²) in [5, 5.41) is 0. The lowest BCUT2D eigenvalue weighted by Crippen LogP contribution is -2.03. The maximum atomic E-state index is 6.01. The van der Waals surface area contributed by atoms with Crippen molar-refractivity contribution in [1.29, 1.82) is 0 Å². The van der Waals surface area contributed by atoms with E-state index in [0.29, 0.717) is 5.82 Å². The molecule has 17 heavy (non-hydrogen) atoms. The number of aromatic nitrogens is 2. The van der Waals surface area contributed by atoms with Crippen molar-refractivity contribution in [1.82, 2.24) is 9.97 Å². The highest BCUT2D eigenvalue weighted by molar-refractivity contribution is 5.62. The molecule has 1 heterocycles. The van der Waals surface area contributed by atoms with Gasteiger partial charge in [-0.25, -0.2) is 9.97 Å². The molecule has 1 aromatic carbocycles. The van der Waals surface area contributed by atoms with E-state index in [9.17, 15) is 0 Å². The Hall–Kier alpha value is -1.90. The summed E-state index contributed by atoms with van der Waals surface area (Å²) in [6, 6.07) is 8.15. The molecule has 0 amide bonds. The topological polar surface area (TPSA) is 51.8 Å². The van der Waals surface area contributed by atoms with E-state index in [1.807, 2.05) is 18.2 Å². The zero-order chi connectivity index (χ0) is 11.8. The standard InChI is InChI=1S/C14H15N3/c1-9-5-2-3-6-10(9)14-16-12-8-4-7-11(12)13(15)17-14/h2-3,5-6H,4,7-8H2,1H3,(H2,15,16,17). The number of rotatable bonds is 1. The monoisotopic (exact) mass is 225 g/mol. The fraction of sp³-hybridized carbons (Fsp3) is 0.286. The fourth-order valence-corrected chi connectivity index (χ4v) is 2.41. The number of nitrogen functional groups attached to an aromatic ring is 1. The van der Waals surface area contributed by atoms with Gasteiger partial charge in [0, 0.05) is 16.8 Å². The third kappa shape index (κ3) is 1.68. The average molecular weight is 225 g/mol. The zero-order valence-electron chi connectivity index (χ0n) is 9.90. The van der Waals surface area contributed by atoms with Gasteiger partial charge in [0.25, 0.3) is 0 Å². The lowest BCUT2D eigenvalue weighted by Gasteiger charge is -2.08. The first-order valence-corrected chi connectivity index (χ1v) is 5.97. The maximum Gasteiger partial charge on any atom is 0.162 e. The summed E-state index contributed by atoms with van der Waals surface area (Å²) in [7, 11) is 0. The minimum absolute atomic E-state index is 0.658. The number of hydrogen-bond acceptors (Lipinski definition) is 3. The first-order valence-electron chi connectivity index (χ1n) is 5.97. The van der Waals surface area contributed by atoms with Gasteiger partial charge in [0.2, 0.25) is 0 Å². The predicted octanol–water partition coefficient (Wildman–Crippen LogP) is 2.52. The lowest BCUT2D eigenvalue weighted by atomic mass is 10.1. The van der Waals surface area contributed by atoms with Gasteiger partial charge in [0.15, 0.2) is 5.82 Å². The minimum atomic E-state index is 0.658.